The highest BCUT2D eigenvalue weighted by Crippen LogP contribution is 2.31. The van der Waals surface area contributed by atoms with E-state index in [0.717, 1.165) is 36.3 Å². The van der Waals surface area contributed by atoms with E-state index in [1.165, 1.54) is 32.2 Å². The largest absolute Gasteiger partial charge is 0.355 e. The zero-order valence-electron chi connectivity index (χ0n) is 13.6. The Morgan fingerprint density at radius 1 is 1.24 bits per heavy atom. The number of nitrogens with one attached hydrogen (secondary N) is 1. The maximum atomic E-state index is 4.84. The average molecular weight is 288 g/mol. The summed E-state index contributed by atoms with van der Waals surface area (Å²) in [6, 6.07) is 2.78. The predicted octanol–water partition coefficient (Wildman–Crippen LogP) is 2.88. The Morgan fingerprint density at radius 3 is 2.67 bits per heavy atom. The molecule has 1 unspecified atom stereocenters. The minimum atomic E-state index is 0.385. The van der Waals surface area contributed by atoms with Crippen molar-refractivity contribution in [2.24, 2.45) is 5.92 Å². The molecule has 1 aromatic rings. The van der Waals surface area contributed by atoms with E-state index in [0.29, 0.717) is 12.0 Å². The highest BCUT2D eigenvalue weighted by Gasteiger charge is 2.27. The summed E-state index contributed by atoms with van der Waals surface area (Å²) in [4.78, 5) is 11.9. The first-order valence-electron chi connectivity index (χ1n) is 8.45. The smallest absolute Gasteiger partial charge is 0.133 e. The van der Waals surface area contributed by atoms with Crippen LogP contribution in [-0.4, -0.2) is 35.6 Å². The normalized spacial score (nSPS) is 22.0. The Bertz CT molecular complexity index is 476. The van der Waals surface area contributed by atoms with Crippen LogP contribution < -0.4 is 10.2 Å². The van der Waals surface area contributed by atoms with Crippen molar-refractivity contribution in [1.29, 1.82) is 0 Å². The summed E-state index contributed by atoms with van der Waals surface area (Å²) in [6.07, 6.45) is 5.37. The van der Waals surface area contributed by atoms with E-state index in [1.54, 1.807) is 0 Å². The first-order chi connectivity index (χ1) is 10.1. The van der Waals surface area contributed by atoms with E-state index in [4.69, 9.17) is 4.98 Å². The summed E-state index contributed by atoms with van der Waals surface area (Å²) in [6.45, 7) is 9.84. The van der Waals surface area contributed by atoms with Crippen LogP contribution in [0.2, 0.25) is 0 Å². The molecule has 1 aliphatic heterocycles. The van der Waals surface area contributed by atoms with Crippen LogP contribution in [0.15, 0.2) is 6.07 Å². The van der Waals surface area contributed by atoms with Crippen LogP contribution in [0.25, 0.3) is 0 Å². The molecule has 1 N–H and O–H groups in total. The molecule has 21 heavy (non-hydrogen) atoms. The molecule has 0 radical (unpaired) electrons. The number of rotatable bonds is 6. The number of aryl methyl sites for hydroxylation is 1. The van der Waals surface area contributed by atoms with E-state index in [9.17, 15) is 0 Å². The van der Waals surface area contributed by atoms with Gasteiger partial charge in [-0.05, 0) is 45.1 Å². The molecule has 1 saturated heterocycles. The van der Waals surface area contributed by atoms with Gasteiger partial charge in [-0.1, -0.05) is 13.8 Å². The van der Waals surface area contributed by atoms with Gasteiger partial charge in [0.2, 0.25) is 0 Å². The van der Waals surface area contributed by atoms with Gasteiger partial charge in [0.25, 0.3) is 0 Å². The van der Waals surface area contributed by atoms with Gasteiger partial charge >= 0.3 is 0 Å². The molecule has 4 heteroatoms. The minimum Gasteiger partial charge on any atom is -0.355 e. The second kappa shape index (κ2) is 6.30. The Balaban J connectivity index is 1.79. The molecule has 116 valence electrons. The molecule has 2 fully saturated rings. The summed E-state index contributed by atoms with van der Waals surface area (Å²) < 4.78 is 0. The molecular weight excluding hydrogens is 260 g/mol. The van der Waals surface area contributed by atoms with Crippen LogP contribution in [0.4, 0.5) is 5.82 Å². The molecule has 1 saturated carbocycles. The van der Waals surface area contributed by atoms with Crippen molar-refractivity contribution in [3.05, 3.63) is 17.6 Å². The lowest BCUT2D eigenvalue weighted by Gasteiger charge is -2.27. The fraction of sp³-hybridized carbons (Fsp3) is 0.765. The van der Waals surface area contributed by atoms with Crippen molar-refractivity contribution in [1.82, 2.24) is 15.3 Å². The minimum absolute atomic E-state index is 0.385. The third-order valence-electron chi connectivity index (χ3n) is 4.48. The van der Waals surface area contributed by atoms with Crippen molar-refractivity contribution in [2.75, 3.05) is 24.5 Å². The van der Waals surface area contributed by atoms with E-state index in [1.807, 2.05) is 0 Å². The van der Waals surface area contributed by atoms with Crippen molar-refractivity contribution in [3.8, 4) is 0 Å². The molecule has 1 aliphatic carbocycles. The van der Waals surface area contributed by atoms with E-state index in [2.05, 4.69) is 42.0 Å². The molecule has 0 bridgehead atoms. The van der Waals surface area contributed by atoms with Gasteiger partial charge < -0.3 is 10.2 Å². The second-order valence-electron chi connectivity index (χ2n) is 7.02. The van der Waals surface area contributed by atoms with Gasteiger partial charge in [-0.3, -0.25) is 0 Å². The van der Waals surface area contributed by atoms with Crippen LogP contribution in [0.3, 0.4) is 0 Å². The first kappa shape index (κ1) is 14.8. The summed E-state index contributed by atoms with van der Waals surface area (Å²) >= 11 is 0. The molecule has 0 amide bonds. The Hall–Kier alpha value is -1.16. The Labute approximate surface area is 128 Å². The van der Waals surface area contributed by atoms with Crippen molar-refractivity contribution in [3.63, 3.8) is 0 Å². The van der Waals surface area contributed by atoms with Crippen molar-refractivity contribution in [2.45, 2.75) is 58.4 Å². The molecule has 2 aliphatic rings. The number of aromatic nitrogens is 2. The number of hydrogen-bond donors (Lipinski definition) is 1. The van der Waals surface area contributed by atoms with Crippen molar-refractivity contribution < 1.29 is 0 Å². The highest BCUT2D eigenvalue weighted by molar-refractivity contribution is 5.41. The molecule has 4 nitrogen and oxygen atoms in total. The number of hydrogen-bond acceptors (Lipinski definition) is 4. The SMILES string of the molecule is Cc1cc(N(CC2CC2)CC2CCCN2)nc(C(C)C)n1. The van der Waals surface area contributed by atoms with Crippen LogP contribution in [0.5, 0.6) is 0 Å². The highest BCUT2D eigenvalue weighted by atomic mass is 15.2. The number of nitrogens with zero attached hydrogens (tertiary/aromatic N) is 3. The van der Waals surface area contributed by atoms with Gasteiger partial charge in [-0.25, -0.2) is 9.97 Å². The third kappa shape index (κ3) is 3.94. The third-order valence-corrected chi connectivity index (χ3v) is 4.48. The van der Waals surface area contributed by atoms with Gasteiger partial charge in [0.1, 0.15) is 11.6 Å². The van der Waals surface area contributed by atoms with Gasteiger partial charge in [-0.15, -0.1) is 0 Å². The summed E-state index contributed by atoms with van der Waals surface area (Å²) in [5.74, 6) is 3.37. The Kier molecular flexibility index (Phi) is 4.43. The molecule has 0 aromatic carbocycles. The predicted molar refractivity (Wildman–Crippen MR) is 86.8 cm³/mol. The van der Waals surface area contributed by atoms with Gasteiger partial charge in [0.05, 0.1) is 0 Å². The topological polar surface area (TPSA) is 41.0 Å². The molecule has 1 atom stereocenters. The molecule has 2 heterocycles. The van der Waals surface area contributed by atoms with Crippen LogP contribution in [0, 0.1) is 12.8 Å². The maximum absolute atomic E-state index is 4.84. The molecular formula is C17H28N4. The van der Waals surface area contributed by atoms with Gasteiger partial charge in [0.15, 0.2) is 0 Å². The van der Waals surface area contributed by atoms with Crippen LogP contribution in [-0.2, 0) is 0 Å². The summed E-state index contributed by atoms with van der Waals surface area (Å²) in [5.41, 5.74) is 1.09. The van der Waals surface area contributed by atoms with Crippen LogP contribution in [0.1, 0.15) is 57.0 Å². The zero-order chi connectivity index (χ0) is 14.8. The summed E-state index contributed by atoms with van der Waals surface area (Å²) in [5, 5.41) is 3.62. The zero-order valence-corrected chi connectivity index (χ0v) is 13.6. The van der Waals surface area contributed by atoms with Gasteiger partial charge in [0, 0.05) is 36.8 Å². The lowest BCUT2D eigenvalue weighted by Crippen LogP contribution is -2.39. The Morgan fingerprint density at radius 2 is 2.05 bits per heavy atom. The molecule has 1 aromatic heterocycles. The summed E-state index contributed by atoms with van der Waals surface area (Å²) in [7, 11) is 0. The lowest BCUT2D eigenvalue weighted by atomic mass is 10.2. The van der Waals surface area contributed by atoms with Crippen molar-refractivity contribution >= 4 is 5.82 Å². The quantitative estimate of drug-likeness (QED) is 0.874. The monoisotopic (exact) mass is 288 g/mol. The lowest BCUT2D eigenvalue weighted by molar-refractivity contribution is 0.565. The first-order valence-corrected chi connectivity index (χ1v) is 8.45. The maximum Gasteiger partial charge on any atom is 0.133 e. The fourth-order valence-electron chi connectivity index (χ4n) is 3.05. The number of anilines is 1. The average Bonchev–Trinajstić information content (AvgIpc) is 3.11. The van der Waals surface area contributed by atoms with E-state index < -0.39 is 0 Å². The standard InChI is InChI=1S/C17H28N4/c1-12(2)17-19-13(3)9-16(20-17)21(10-14-6-7-14)11-15-5-4-8-18-15/h9,12,14-15,18H,4-8,10-11H2,1-3H3. The molecule has 3 rings (SSSR count). The van der Waals surface area contributed by atoms with E-state index >= 15 is 0 Å². The molecule has 0 spiro atoms. The van der Waals surface area contributed by atoms with Crippen LogP contribution >= 0.6 is 0 Å². The van der Waals surface area contributed by atoms with Gasteiger partial charge in [-0.2, -0.15) is 0 Å². The fourth-order valence-corrected chi connectivity index (χ4v) is 3.05. The second-order valence-corrected chi connectivity index (χ2v) is 7.02. The van der Waals surface area contributed by atoms with E-state index in [-0.39, 0.29) is 0 Å².